The molecule has 6 nitrogen and oxygen atoms in total. The van der Waals surface area contributed by atoms with E-state index in [0.717, 1.165) is 74.4 Å². The van der Waals surface area contributed by atoms with Crippen molar-refractivity contribution in [3.8, 4) is 6.07 Å². The van der Waals surface area contributed by atoms with Crippen LogP contribution in [0.25, 0.3) is 0 Å². The van der Waals surface area contributed by atoms with Gasteiger partial charge >= 0.3 is 0 Å². The van der Waals surface area contributed by atoms with E-state index in [1.54, 1.807) is 10.7 Å². The van der Waals surface area contributed by atoms with Crippen molar-refractivity contribution in [2.24, 2.45) is 5.92 Å². The number of hydrogen-bond donors (Lipinski definition) is 0. The van der Waals surface area contributed by atoms with Gasteiger partial charge in [-0.05, 0) is 68.6 Å². The summed E-state index contributed by atoms with van der Waals surface area (Å²) in [6.45, 7) is 2.30. The maximum atomic E-state index is 12.4. The molecule has 1 saturated heterocycles. The van der Waals surface area contributed by atoms with Gasteiger partial charge in [0, 0.05) is 30.8 Å². The molecule has 0 bridgehead atoms. The summed E-state index contributed by atoms with van der Waals surface area (Å²) in [5.41, 5.74) is 5.35. The monoisotopic (exact) mass is 375 g/mol. The summed E-state index contributed by atoms with van der Waals surface area (Å²) in [5.74, 6) is 1.20. The van der Waals surface area contributed by atoms with Gasteiger partial charge in [0.05, 0.1) is 17.8 Å². The Balaban J connectivity index is 1.31. The zero-order valence-corrected chi connectivity index (χ0v) is 16.2. The molecule has 0 spiro atoms. The van der Waals surface area contributed by atoms with E-state index in [1.807, 2.05) is 6.07 Å². The molecule has 6 heteroatoms. The summed E-state index contributed by atoms with van der Waals surface area (Å²) < 4.78 is 1.65. The van der Waals surface area contributed by atoms with E-state index in [9.17, 15) is 10.1 Å². The van der Waals surface area contributed by atoms with Gasteiger partial charge in [-0.2, -0.15) is 10.4 Å². The number of hydrogen-bond acceptors (Lipinski definition) is 5. The predicted molar refractivity (Wildman–Crippen MR) is 106 cm³/mol. The molecule has 2 aromatic rings. The first-order valence-electron chi connectivity index (χ1n) is 10.5. The fraction of sp³-hybridized carbons (Fsp3) is 0.545. The number of aromatic nitrogens is 3. The number of rotatable bonds is 3. The van der Waals surface area contributed by atoms with Gasteiger partial charge < -0.3 is 4.90 Å². The standard InChI is InChI=1S/C22H25N5O/c23-11-18-9-16-5-1-3-7-19(16)24-22(18)26-12-15(13-26)14-27-21(28)10-17-6-2-4-8-20(17)25-27/h9-10,15H,1-8,12-14H2. The van der Waals surface area contributed by atoms with Crippen LogP contribution in [-0.2, 0) is 32.2 Å². The molecule has 2 aromatic heterocycles. The minimum atomic E-state index is 0.0173. The lowest BCUT2D eigenvalue weighted by molar-refractivity contribution is 0.329. The number of nitrogens with zero attached hydrogens (tertiary/aromatic N) is 5. The van der Waals surface area contributed by atoms with Crippen LogP contribution >= 0.6 is 0 Å². The second-order valence-corrected chi connectivity index (χ2v) is 8.40. The molecule has 0 amide bonds. The Morgan fingerprint density at radius 1 is 1.00 bits per heavy atom. The average Bonchev–Trinajstić information content (AvgIpc) is 2.69. The van der Waals surface area contributed by atoms with Crippen molar-refractivity contribution >= 4 is 5.82 Å². The molecule has 144 valence electrons. The summed E-state index contributed by atoms with van der Waals surface area (Å²) in [7, 11) is 0. The fourth-order valence-electron chi connectivity index (χ4n) is 4.78. The second kappa shape index (κ2) is 7.05. The molecule has 3 heterocycles. The maximum Gasteiger partial charge on any atom is 0.267 e. The molecular formula is C22H25N5O. The van der Waals surface area contributed by atoms with Crippen LogP contribution in [0.4, 0.5) is 5.82 Å². The Hall–Kier alpha value is -2.68. The van der Waals surface area contributed by atoms with Crippen molar-refractivity contribution in [1.29, 1.82) is 5.26 Å². The Bertz CT molecular complexity index is 1010. The maximum absolute atomic E-state index is 12.4. The Morgan fingerprint density at radius 2 is 1.68 bits per heavy atom. The molecule has 0 aromatic carbocycles. The Labute approximate surface area is 164 Å². The number of aryl methyl sites for hydroxylation is 4. The first-order valence-corrected chi connectivity index (χ1v) is 10.5. The third-order valence-electron chi connectivity index (χ3n) is 6.36. The van der Waals surface area contributed by atoms with Crippen molar-refractivity contribution in [1.82, 2.24) is 14.8 Å². The Kier molecular flexibility index (Phi) is 4.38. The molecule has 5 rings (SSSR count). The van der Waals surface area contributed by atoms with Gasteiger partial charge in [0.1, 0.15) is 11.9 Å². The molecule has 3 aliphatic rings. The van der Waals surface area contributed by atoms with Crippen LogP contribution in [0.3, 0.4) is 0 Å². The minimum absolute atomic E-state index is 0.0173. The first kappa shape index (κ1) is 17.4. The smallest absolute Gasteiger partial charge is 0.267 e. The molecule has 0 radical (unpaired) electrons. The lowest BCUT2D eigenvalue weighted by Gasteiger charge is -2.41. The number of pyridine rings is 1. The largest absolute Gasteiger partial charge is 0.355 e. The lowest BCUT2D eigenvalue weighted by atomic mass is 9.93. The van der Waals surface area contributed by atoms with Gasteiger partial charge in [-0.15, -0.1) is 0 Å². The quantitative estimate of drug-likeness (QED) is 0.823. The SMILES string of the molecule is N#Cc1cc2c(nc1N1CC(Cn3nc4c(cc3=O)CCCC4)C1)CCCC2. The van der Waals surface area contributed by atoms with Gasteiger partial charge in [-0.1, -0.05) is 0 Å². The Morgan fingerprint density at radius 3 is 2.43 bits per heavy atom. The zero-order valence-electron chi connectivity index (χ0n) is 16.2. The van der Waals surface area contributed by atoms with Gasteiger partial charge in [0.2, 0.25) is 0 Å². The highest BCUT2D eigenvalue weighted by Gasteiger charge is 2.31. The van der Waals surface area contributed by atoms with Crippen molar-refractivity contribution in [3.63, 3.8) is 0 Å². The minimum Gasteiger partial charge on any atom is -0.355 e. The van der Waals surface area contributed by atoms with Crippen LogP contribution < -0.4 is 10.5 Å². The molecule has 1 fully saturated rings. The number of nitriles is 1. The average molecular weight is 375 g/mol. The lowest BCUT2D eigenvalue weighted by Crippen LogP contribution is -2.50. The number of anilines is 1. The number of fused-ring (bicyclic) bond motifs is 2. The van der Waals surface area contributed by atoms with Crippen molar-refractivity contribution in [2.45, 2.75) is 57.9 Å². The van der Waals surface area contributed by atoms with Crippen LogP contribution in [0.2, 0.25) is 0 Å². The van der Waals surface area contributed by atoms with E-state index >= 15 is 0 Å². The predicted octanol–water partition coefficient (Wildman–Crippen LogP) is 2.40. The second-order valence-electron chi connectivity index (χ2n) is 8.40. The molecule has 0 unspecified atom stereocenters. The van der Waals surface area contributed by atoms with Gasteiger partial charge in [-0.3, -0.25) is 4.79 Å². The van der Waals surface area contributed by atoms with E-state index in [4.69, 9.17) is 4.98 Å². The topological polar surface area (TPSA) is 74.8 Å². The fourth-order valence-corrected chi connectivity index (χ4v) is 4.78. The van der Waals surface area contributed by atoms with Crippen LogP contribution in [0, 0.1) is 17.2 Å². The normalized spacial score (nSPS) is 18.8. The first-order chi connectivity index (χ1) is 13.7. The van der Waals surface area contributed by atoms with Crippen LogP contribution in [0.1, 0.15) is 53.8 Å². The van der Waals surface area contributed by atoms with E-state index in [2.05, 4.69) is 16.1 Å². The summed E-state index contributed by atoms with van der Waals surface area (Å²) >= 11 is 0. The zero-order chi connectivity index (χ0) is 19.1. The van der Waals surface area contributed by atoms with E-state index in [0.29, 0.717) is 18.0 Å². The summed E-state index contributed by atoms with van der Waals surface area (Å²) in [6, 6.07) is 6.16. The van der Waals surface area contributed by atoms with Crippen LogP contribution in [0.5, 0.6) is 0 Å². The summed E-state index contributed by atoms with van der Waals surface area (Å²) in [5, 5.41) is 14.2. The molecule has 2 aliphatic carbocycles. The molecule has 28 heavy (non-hydrogen) atoms. The third-order valence-corrected chi connectivity index (χ3v) is 6.36. The van der Waals surface area contributed by atoms with Crippen LogP contribution in [-0.4, -0.2) is 27.9 Å². The van der Waals surface area contributed by atoms with Gasteiger partial charge in [-0.25, -0.2) is 9.67 Å². The van der Waals surface area contributed by atoms with E-state index < -0.39 is 0 Å². The van der Waals surface area contributed by atoms with E-state index in [1.165, 1.54) is 18.4 Å². The van der Waals surface area contributed by atoms with Crippen molar-refractivity contribution < 1.29 is 0 Å². The highest BCUT2D eigenvalue weighted by atomic mass is 16.1. The van der Waals surface area contributed by atoms with Gasteiger partial charge in [0.15, 0.2) is 0 Å². The summed E-state index contributed by atoms with van der Waals surface area (Å²) in [6.07, 6.45) is 8.70. The molecular weight excluding hydrogens is 350 g/mol. The molecule has 0 atom stereocenters. The molecule has 0 N–H and O–H groups in total. The highest BCUT2D eigenvalue weighted by Crippen LogP contribution is 2.31. The molecule has 1 aliphatic heterocycles. The van der Waals surface area contributed by atoms with E-state index in [-0.39, 0.29) is 5.56 Å². The van der Waals surface area contributed by atoms with Crippen molar-refractivity contribution in [3.05, 3.63) is 50.6 Å². The van der Waals surface area contributed by atoms with Crippen molar-refractivity contribution in [2.75, 3.05) is 18.0 Å². The third kappa shape index (κ3) is 3.09. The summed E-state index contributed by atoms with van der Waals surface area (Å²) in [4.78, 5) is 19.4. The van der Waals surface area contributed by atoms with Gasteiger partial charge in [0.25, 0.3) is 5.56 Å². The van der Waals surface area contributed by atoms with Crippen LogP contribution in [0.15, 0.2) is 16.9 Å². The highest BCUT2D eigenvalue weighted by molar-refractivity contribution is 5.58. The molecule has 0 saturated carbocycles.